The van der Waals surface area contributed by atoms with E-state index in [2.05, 4.69) is 11.7 Å². The van der Waals surface area contributed by atoms with Gasteiger partial charge in [0.1, 0.15) is 0 Å². The maximum Gasteiger partial charge on any atom is 0.305 e. The van der Waals surface area contributed by atoms with Crippen LogP contribution in [0, 0.1) is 0 Å². The lowest BCUT2D eigenvalue weighted by Gasteiger charge is -2.01. The summed E-state index contributed by atoms with van der Waals surface area (Å²) in [5, 5.41) is 0. The molecule has 0 heterocycles. The van der Waals surface area contributed by atoms with Gasteiger partial charge in [-0.15, -0.1) is 0 Å². The number of esters is 1. The van der Waals surface area contributed by atoms with Crippen LogP contribution in [0.1, 0.15) is 75.2 Å². The second kappa shape index (κ2) is 11.5. The summed E-state index contributed by atoms with van der Waals surface area (Å²) in [5.41, 5.74) is 0. The SMILES string of the molecule is [2H]C([2H])([2H])OC(=O)CCCCCCCCCCC. The zero-order valence-corrected chi connectivity index (χ0v) is 9.89. The molecular weight excluding hydrogens is 188 g/mol. The van der Waals surface area contributed by atoms with E-state index in [1.165, 1.54) is 38.5 Å². The van der Waals surface area contributed by atoms with Crippen molar-refractivity contribution in [1.29, 1.82) is 0 Å². The van der Waals surface area contributed by atoms with E-state index < -0.39 is 13.0 Å². The molecule has 0 rings (SSSR count). The first-order valence-electron chi connectivity index (χ1n) is 7.67. The predicted octanol–water partition coefficient (Wildman–Crippen LogP) is 4.08. The predicted molar refractivity (Wildman–Crippen MR) is 63.9 cm³/mol. The van der Waals surface area contributed by atoms with Gasteiger partial charge >= 0.3 is 5.97 Å². The topological polar surface area (TPSA) is 26.3 Å². The van der Waals surface area contributed by atoms with E-state index in [1.54, 1.807) is 0 Å². The number of hydrogen-bond acceptors (Lipinski definition) is 2. The monoisotopic (exact) mass is 217 g/mol. The fourth-order valence-corrected chi connectivity index (χ4v) is 1.63. The second-order valence-electron chi connectivity index (χ2n) is 4.05. The minimum absolute atomic E-state index is 0.216. The maximum absolute atomic E-state index is 11.1. The Morgan fingerprint density at radius 2 is 1.53 bits per heavy atom. The number of unbranched alkanes of at least 4 members (excludes halogenated alkanes) is 8. The average molecular weight is 217 g/mol. The number of carbonyl (C=O) groups is 1. The van der Waals surface area contributed by atoms with E-state index in [4.69, 9.17) is 4.11 Å². The number of carbonyl (C=O) groups excluding carboxylic acids is 1. The molecule has 0 N–H and O–H groups in total. The van der Waals surface area contributed by atoms with Crippen molar-refractivity contribution in [2.75, 3.05) is 7.04 Å². The number of ether oxygens (including phenoxy) is 1. The van der Waals surface area contributed by atoms with Crippen molar-refractivity contribution in [2.24, 2.45) is 0 Å². The highest BCUT2D eigenvalue weighted by Gasteiger charge is 1.98. The van der Waals surface area contributed by atoms with Crippen LogP contribution >= 0.6 is 0 Å². The molecule has 0 bridgehead atoms. The third-order valence-corrected chi connectivity index (χ3v) is 2.60. The Balaban J connectivity index is 3.23. The van der Waals surface area contributed by atoms with Crippen LogP contribution in [0.2, 0.25) is 0 Å². The molecule has 0 amide bonds. The smallest absolute Gasteiger partial charge is 0.305 e. The summed E-state index contributed by atoms with van der Waals surface area (Å²) < 4.78 is 24.6. The number of rotatable bonds is 10. The van der Waals surface area contributed by atoms with Crippen molar-refractivity contribution >= 4 is 5.97 Å². The molecule has 0 saturated carbocycles. The van der Waals surface area contributed by atoms with E-state index in [-0.39, 0.29) is 6.42 Å². The molecule has 0 aliphatic carbocycles. The third-order valence-electron chi connectivity index (χ3n) is 2.60. The molecule has 0 atom stereocenters. The van der Waals surface area contributed by atoms with Crippen LogP contribution in [0.25, 0.3) is 0 Å². The normalized spacial score (nSPS) is 14.1. The molecule has 15 heavy (non-hydrogen) atoms. The summed E-state index contributed by atoms with van der Waals surface area (Å²) >= 11 is 0. The van der Waals surface area contributed by atoms with E-state index in [0.717, 1.165) is 19.3 Å². The third kappa shape index (κ3) is 11.4. The summed E-state index contributed by atoms with van der Waals surface area (Å²) in [7, 11) is -2.59. The largest absolute Gasteiger partial charge is 0.469 e. The van der Waals surface area contributed by atoms with Crippen LogP contribution in [0.15, 0.2) is 0 Å². The van der Waals surface area contributed by atoms with Gasteiger partial charge in [-0.05, 0) is 6.42 Å². The molecule has 0 aliphatic rings. The lowest BCUT2D eigenvalue weighted by Crippen LogP contribution is -1.99. The Hall–Kier alpha value is -0.530. The summed E-state index contributed by atoms with van der Waals surface area (Å²) in [5.74, 6) is -0.613. The minimum Gasteiger partial charge on any atom is -0.469 e. The van der Waals surface area contributed by atoms with Gasteiger partial charge in [-0.3, -0.25) is 4.79 Å². The van der Waals surface area contributed by atoms with Crippen molar-refractivity contribution in [3.8, 4) is 0 Å². The van der Waals surface area contributed by atoms with Gasteiger partial charge in [-0.2, -0.15) is 0 Å². The maximum atomic E-state index is 11.1. The van der Waals surface area contributed by atoms with Crippen molar-refractivity contribution in [3.63, 3.8) is 0 Å². The Morgan fingerprint density at radius 3 is 2.07 bits per heavy atom. The van der Waals surface area contributed by atoms with Crippen LogP contribution in [-0.2, 0) is 9.53 Å². The lowest BCUT2D eigenvalue weighted by molar-refractivity contribution is -0.140. The standard InChI is InChI=1S/C13H26O2/c1-3-4-5-6-7-8-9-10-11-12-13(14)15-2/h3-12H2,1-2H3/i2D3. The molecule has 90 valence electrons. The highest BCUT2D eigenvalue weighted by atomic mass is 16.5. The van der Waals surface area contributed by atoms with Crippen LogP contribution < -0.4 is 0 Å². The summed E-state index contributed by atoms with van der Waals surface area (Å²) in [6, 6.07) is 0. The molecule has 0 aromatic carbocycles. The van der Waals surface area contributed by atoms with Gasteiger partial charge in [0, 0.05) is 6.42 Å². The quantitative estimate of drug-likeness (QED) is 0.407. The van der Waals surface area contributed by atoms with Crippen LogP contribution in [0.4, 0.5) is 0 Å². The average Bonchev–Trinajstić information content (AvgIpc) is 2.24. The molecule has 2 nitrogen and oxygen atoms in total. The second-order valence-corrected chi connectivity index (χ2v) is 4.05. The van der Waals surface area contributed by atoms with Crippen LogP contribution in [0.5, 0.6) is 0 Å². The number of methoxy groups -OCH3 is 1. The van der Waals surface area contributed by atoms with E-state index >= 15 is 0 Å². The molecule has 0 fully saturated rings. The van der Waals surface area contributed by atoms with Gasteiger partial charge in [-0.25, -0.2) is 0 Å². The van der Waals surface area contributed by atoms with Crippen molar-refractivity contribution in [1.82, 2.24) is 0 Å². The zero-order chi connectivity index (χ0) is 13.9. The van der Waals surface area contributed by atoms with Gasteiger partial charge in [0.25, 0.3) is 0 Å². The first-order valence-corrected chi connectivity index (χ1v) is 6.17. The lowest BCUT2D eigenvalue weighted by atomic mass is 10.1. The van der Waals surface area contributed by atoms with Crippen LogP contribution in [0.3, 0.4) is 0 Å². The fourth-order valence-electron chi connectivity index (χ4n) is 1.63. The molecule has 0 unspecified atom stereocenters. The summed E-state index contributed by atoms with van der Waals surface area (Å²) in [4.78, 5) is 11.1. The fraction of sp³-hybridized carbons (Fsp3) is 0.923. The Labute approximate surface area is 98.6 Å². The van der Waals surface area contributed by atoms with Crippen molar-refractivity contribution < 1.29 is 13.6 Å². The molecule has 0 aromatic heterocycles. The number of hydrogen-bond donors (Lipinski definition) is 0. The summed E-state index contributed by atoms with van der Waals surface area (Å²) in [6.45, 7) is 2.21. The van der Waals surface area contributed by atoms with Gasteiger partial charge < -0.3 is 4.74 Å². The molecule has 0 radical (unpaired) electrons. The highest BCUT2D eigenvalue weighted by molar-refractivity contribution is 5.68. The van der Waals surface area contributed by atoms with Crippen molar-refractivity contribution in [3.05, 3.63) is 0 Å². The Bertz CT molecular complexity index is 215. The van der Waals surface area contributed by atoms with E-state index in [0.29, 0.717) is 0 Å². The van der Waals surface area contributed by atoms with Crippen molar-refractivity contribution in [2.45, 2.75) is 71.1 Å². The van der Waals surface area contributed by atoms with Crippen LogP contribution in [-0.4, -0.2) is 13.0 Å². The molecule has 0 spiro atoms. The van der Waals surface area contributed by atoms with E-state index in [1.807, 2.05) is 0 Å². The molecule has 0 aliphatic heterocycles. The minimum atomic E-state index is -2.59. The molecule has 0 saturated heterocycles. The Kier molecular flexibility index (Phi) is 7.45. The summed E-state index contributed by atoms with van der Waals surface area (Å²) in [6.07, 6.45) is 10.7. The van der Waals surface area contributed by atoms with Gasteiger partial charge in [0.15, 0.2) is 0 Å². The Morgan fingerprint density at radius 1 is 1.00 bits per heavy atom. The van der Waals surface area contributed by atoms with Gasteiger partial charge in [0.2, 0.25) is 0 Å². The highest BCUT2D eigenvalue weighted by Crippen LogP contribution is 2.10. The molecule has 0 aromatic rings. The first kappa shape index (κ1) is 9.68. The zero-order valence-electron chi connectivity index (χ0n) is 12.9. The van der Waals surface area contributed by atoms with Gasteiger partial charge in [0.05, 0.1) is 11.2 Å². The molecular formula is C13H26O2. The van der Waals surface area contributed by atoms with Gasteiger partial charge in [-0.1, -0.05) is 58.3 Å². The molecule has 2 heteroatoms. The first-order chi connectivity index (χ1) is 8.45. The van der Waals surface area contributed by atoms with E-state index in [9.17, 15) is 4.79 Å².